The molecule has 1 aliphatic heterocycles. The average molecular weight is 240 g/mol. The minimum atomic E-state index is -0.474. The number of nitrogens with one attached hydrogen (secondary N) is 3. The van der Waals surface area contributed by atoms with Gasteiger partial charge in [0.05, 0.1) is 6.54 Å². The first kappa shape index (κ1) is 13.7. The fourth-order valence-corrected chi connectivity index (χ4v) is 1.73. The highest BCUT2D eigenvalue weighted by molar-refractivity contribution is 5.95. The summed E-state index contributed by atoms with van der Waals surface area (Å²) in [6.07, 6.45) is 1.56. The summed E-state index contributed by atoms with van der Waals surface area (Å²) in [7, 11) is 0. The second-order valence-corrected chi connectivity index (χ2v) is 4.14. The molecule has 1 rings (SSSR count). The lowest BCUT2D eigenvalue weighted by atomic mass is 10.2. The normalized spacial score (nSPS) is 20.6. The van der Waals surface area contributed by atoms with Gasteiger partial charge in [-0.15, -0.1) is 6.58 Å². The quantitative estimate of drug-likeness (QED) is 0.568. The van der Waals surface area contributed by atoms with Gasteiger partial charge >= 0.3 is 6.03 Å². The molecular weight excluding hydrogens is 220 g/mol. The summed E-state index contributed by atoms with van der Waals surface area (Å²) < 4.78 is 0. The largest absolute Gasteiger partial charge is 0.334 e. The van der Waals surface area contributed by atoms with Gasteiger partial charge in [0, 0.05) is 32.2 Å². The summed E-state index contributed by atoms with van der Waals surface area (Å²) in [6.45, 7) is 8.67. The molecule has 1 atom stereocenters. The zero-order valence-electron chi connectivity index (χ0n) is 10.2. The van der Waals surface area contributed by atoms with Crippen LogP contribution >= 0.6 is 0 Å². The van der Waals surface area contributed by atoms with Crippen LogP contribution in [0.2, 0.25) is 0 Å². The molecule has 17 heavy (non-hydrogen) atoms. The standard InChI is InChI=1S/C11H20N4O2/c1-3-4-13-11(17)14-10(16)8-15-6-5-12-9(2)7-15/h3,9,12H,1,4-8H2,2H3,(H2,13,14,16,17)/t9-/m1/s1. The van der Waals surface area contributed by atoms with Crippen molar-refractivity contribution in [3.63, 3.8) is 0 Å². The van der Waals surface area contributed by atoms with Gasteiger partial charge in [-0.3, -0.25) is 15.0 Å². The molecule has 3 amide bonds. The Balaban J connectivity index is 2.24. The number of rotatable bonds is 4. The molecule has 0 radical (unpaired) electrons. The van der Waals surface area contributed by atoms with E-state index in [0.29, 0.717) is 12.6 Å². The van der Waals surface area contributed by atoms with Gasteiger partial charge in [0.25, 0.3) is 0 Å². The molecule has 1 aliphatic rings. The van der Waals surface area contributed by atoms with Crippen LogP contribution in [0.1, 0.15) is 6.92 Å². The molecule has 0 spiro atoms. The van der Waals surface area contributed by atoms with E-state index in [-0.39, 0.29) is 12.5 Å². The molecular formula is C11H20N4O2. The summed E-state index contributed by atoms with van der Waals surface area (Å²) in [5.74, 6) is -0.277. The lowest BCUT2D eigenvalue weighted by molar-refractivity contribution is -0.121. The SMILES string of the molecule is C=CCNC(=O)NC(=O)CN1CCN[C@H](C)C1. The van der Waals surface area contributed by atoms with Crippen molar-refractivity contribution in [2.75, 3.05) is 32.7 Å². The summed E-state index contributed by atoms with van der Waals surface area (Å²) >= 11 is 0. The van der Waals surface area contributed by atoms with Crippen LogP contribution in [0.15, 0.2) is 12.7 Å². The number of hydrogen-bond acceptors (Lipinski definition) is 4. The van der Waals surface area contributed by atoms with Crippen molar-refractivity contribution in [2.24, 2.45) is 0 Å². The highest BCUT2D eigenvalue weighted by Crippen LogP contribution is 1.97. The molecule has 1 heterocycles. The maximum absolute atomic E-state index is 11.5. The number of piperazine rings is 1. The first-order chi connectivity index (χ1) is 8.11. The number of imide groups is 1. The highest BCUT2D eigenvalue weighted by Gasteiger charge is 2.18. The van der Waals surface area contributed by atoms with Gasteiger partial charge in [-0.2, -0.15) is 0 Å². The van der Waals surface area contributed by atoms with Gasteiger partial charge in [0.1, 0.15) is 0 Å². The number of amides is 3. The van der Waals surface area contributed by atoms with Crippen LogP contribution < -0.4 is 16.0 Å². The van der Waals surface area contributed by atoms with Gasteiger partial charge in [-0.05, 0) is 6.92 Å². The Morgan fingerprint density at radius 1 is 1.59 bits per heavy atom. The predicted octanol–water partition coefficient (Wildman–Crippen LogP) is -0.708. The zero-order chi connectivity index (χ0) is 12.7. The number of urea groups is 1. The van der Waals surface area contributed by atoms with Crippen molar-refractivity contribution in [1.29, 1.82) is 0 Å². The van der Waals surface area contributed by atoms with Gasteiger partial charge in [0.2, 0.25) is 5.91 Å². The molecule has 0 unspecified atom stereocenters. The van der Waals surface area contributed by atoms with Crippen molar-refractivity contribution in [3.05, 3.63) is 12.7 Å². The van der Waals surface area contributed by atoms with Crippen molar-refractivity contribution >= 4 is 11.9 Å². The summed E-state index contributed by atoms with van der Waals surface area (Å²) in [5, 5.41) is 8.06. The fourth-order valence-electron chi connectivity index (χ4n) is 1.73. The van der Waals surface area contributed by atoms with Crippen LogP contribution in [0, 0.1) is 0 Å². The summed E-state index contributed by atoms with van der Waals surface area (Å²) in [4.78, 5) is 24.8. The Hall–Kier alpha value is -1.40. The molecule has 0 saturated carbocycles. The lowest BCUT2D eigenvalue weighted by Crippen LogP contribution is -2.53. The van der Waals surface area contributed by atoms with E-state index in [9.17, 15) is 9.59 Å². The summed E-state index contributed by atoms with van der Waals surface area (Å²) in [6, 6.07) is -0.0933. The maximum Gasteiger partial charge on any atom is 0.321 e. The molecule has 96 valence electrons. The average Bonchev–Trinajstić information content (AvgIpc) is 2.26. The van der Waals surface area contributed by atoms with E-state index in [0.717, 1.165) is 19.6 Å². The second-order valence-electron chi connectivity index (χ2n) is 4.14. The van der Waals surface area contributed by atoms with Crippen LogP contribution in [-0.2, 0) is 4.79 Å². The number of carbonyl (C=O) groups excluding carboxylic acids is 2. The van der Waals surface area contributed by atoms with E-state index < -0.39 is 6.03 Å². The third-order valence-corrected chi connectivity index (χ3v) is 2.48. The van der Waals surface area contributed by atoms with Gasteiger partial charge in [-0.1, -0.05) is 6.08 Å². The van der Waals surface area contributed by atoms with E-state index in [1.807, 2.05) is 4.90 Å². The van der Waals surface area contributed by atoms with Crippen LogP contribution in [0.3, 0.4) is 0 Å². The van der Waals surface area contributed by atoms with E-state index in [1.54, 1.807) is 6.08 Å². The Morgan fingerprint density at radius 2 is 2.35 bits per heavy atom. The van der Waals surface area contributed by atoms with E-state index in [1.165, 1.54) is 0 Å². The first-order valence-electron chi connectivity index (χ1n) is 5.76. The van der Waals surface area contributed by atoms with E-state index >= 15 is 0 Å². The minimum Gasteiger partial charge on any atom is -0.334 e. The molecule has 0 aromatic carbocycles. The third kappa shape index (κ3) is 5.46. The fraction of sp³-hybridized carbons (Fsp3) is 0.636. The van der Waals surface area contributed by atoms with Crippen molar-refractivity contribution in [2.45, 2.75) is 13.0 Å². The number of hydrogen-bond donors (Lipinski definition) is 3. The molecule has 0 aliphatic carbocycles. The Bertz CT molecular complexity index is 293. The topological polar surface area (TPSA) is 73.5 Å². The molecule has 1 saturated heterocycles. The molecule has 6 heteroatoms. The lowest BCUT2D eigenvalue weighted by Gasteiger charge is -2.31. The van der Waals surface area contributed by atoms with Crippen molar-refractivity contribution in [3.8, 4) is 0 Å². The Labute approximate surface area is 101 Å². The molecule has 3 N–H and O–H groups in total. The van der Waals surface area contributed by atoms with Gasteiger partial charge in [-0.25, -0.2) is 4.79 Å². The van der Waals surface area contributed by atoms with Crippen LogP contribution in [0.25, 0.3) is 0 Å². The van der Waals surface area contributed by atoms with E-state index in [4.69, 9.17) is 0 Å². The van der Waals surface area contributed by atoms with Crippen LogP contribution in [0.4, 0.5) is 4.79 Å². The molecule has 0 bridgehead atoms. The van der Waals surface area contributed by atoms with Gasteiger partial charge in [0.15, 0.2) is 0 Å². The third-order valence-electron chi connectivity index (χ3n) is 2.48. The molecule has 6 nitrogen and oxygen atoms in total. The smallest absolute Gasteiger partial charge is 0.321 e. The predicted molar refractivity (Wildman–Crippen MR) is 65.6 cm³/mol. The zero-order valence-corrected chi connectivity index (χ0v) is 10.2. The van der Waals surface area contributed by atoms with Gasteiger partial charge < -0.3 is 10.6 Å². The first-order valence-corrected chi connectivity index (χ1v) is 5.76. The molecule has 0 aromatic heterocycles. The maximum atomic E-state index is 11.5. The summed E-state index contributed by atoms with van der Waals surface area (Å²) in [5.41, 5.74) is 0. The molecule has 1 fully saturated rings. The van der Waals surface area contributed by atoms with Crippen LogP contribution in [0.5, 0.6) is 0 Å². The number of nitrogens with zero attached hydrogens (tertiary/aromatic N) is 1. The van der Waals surface area contributed by atoms with Crippen LogP contribution in [-0.4, -0.2) is 55.6 Å². The Morgan fingerprint density at radius 3 is 3.00 bits per heavy atom. The van der Waals surface area contributed by atoms with E-state index in [2.05, 4.69) is 29.5 Å². The Kier molecular flexibility index (Phi) is 5.65. The van der Waals surface area contributed by atoms with Crippen molar-refractivity contribution in [1.82, 2.24) is 20.9 Å². The molecule has 0 aromatic rings. The second kappa shape index (κ2) is 7.03. The van der Waals surface area contributed by atoms with Crippen molar-refractivity contribution < 1.29 is 9.59 Å². The highest BCUT2D eigenvalue weighted by atomic mass is 16.2. The monoisotopic (exact) mass is 240 g/mol. The minimum absolute atomic E-state index is 0.257. The number of carbonyl (C=O) groups is 2.